The standard InChI is InChI=1S/C20H29N3O/c1-15(2)19-9-8-16(3)10-12-23(19)13-11-20(24)22-18-7-5-4-6-17(18)14-21/h4-7,15-16,19H,8-13H2,1-3H3,(H,22,24). The highest BCUT2D eigenvalue weighted by Gasteiger charge is 2.26. The van der Waals surface area contributed by atoms with Crippen LogP contribution in [0, 0.1) is 23.2 Å². The monoisotopic (exact) mass is 327 g/mol. The zero-order valence-electron chi connectivity index (χ0n) is 15.1. The highest BCUT2D eigenvalue weighted by molar-refractivity contribution is 5.92. The van der Waals surface area contributed by atoms with E-state index in [1.54, 1.807) is 18.2 Å². The molecule has 0 saturated carbocycles. The maximum Gasteiger partial charge on any atom is 0.225 e. The van der Waals surface area contributed by atoms with Gasteiger partial charge in [-0.1, -0.05) is 32.9 Å². The summed E-state index contributed by atoms with van der Waals surface area (Å²) in [7, 11) is 0. The average molecular weight is 327 g/mol. The van der Waals surface area contributed by atoms with Gasteiger partial charge in [-0.15, -0.1) is 0 Å². The SMILES string of the molecule is CC1CCC(C(C)C)N(CCC(=O)Nc2ccccc2C#N)CC1. The zero-order valence-corrected chi connectivity index (χ0v) is 15.1. The van der Waals surface area contributed by atoms with Crippen LogP contribution in [0.2, 0.25) is 0 Å². The third-order valence-corrected chi connectivity index (χ3v) is 5.05. The summed E-state index contributed by atoms with van der Waals surface area (Å²) in [4.78, 5) is 14.8. The summed E-state index contributed by atoms with van der Waals surface area (Å²) in [6, 6.07) is 9.82. The normalized spacial score (nSPS) is 22.0. The highest BCUT2D eigenvalue weighted by atomic mass is 16.1. The summed E-state index contributed by atoms with van der Waals surface area (Å²) in [6.07, 6.45) is 4.18. The first-order valence-corrected chi connectivity index (χ1v) is 9.04. The number of hydrogen-bond donors (Lipinski definition) is 1. The van der Waals surface area contributed by atoms with Crippen molar-refractivity contribution in [1.29, 1.82) is 5.26 Å². The molecule has 2 rings (SSSR count). The number of benzene rings is 1. The Labute approximate surface area is 145 Å². The van der Waals surface area contributed by atoms with E-state index in [-0.39, 0.29) is 5.91 Å². The number of rotatable bonds is 5. The largest absolute Gasteiger partial charge is 0.325 e. The van der Waals surface area contributed by atoms with Crippen molar-refractivity contribution < 1.29 is 4.79 Å². The van der Waals surface area contributed by atoms with Gasteiger partial charge in [0.05, 0.1) is 11.3 Å². The Hall–Kier alpha value is -1.86. The van der Waals surface area contributed by atoms with Gasteiger partial charge in [0.2, 0.25) is 5.91 Å². The number of amides is 1. The summed E-state index contributed by atoms with van der Waals surface area (Å²) >= 11 is 0. The fraction of sp³-hybridized carbons (Fsp3) is 0.600. The van der Waals surface area contributed by atoms with Crippen LogP contribution in [0.5, 0.6) is 0 Å². The molecule has 0 bridgehead atoms. The van der Waals surface area contributed by atoms with Gasteiger partial charge in [0.1, 0.15) is 6.07 Å². The molecular weight excluding hydrogens is 298 g/mol. The molecule has 1 aliphatic heterocycles. The van der Waals surface area contributed by atoms with Crippen LogP contribution in [0.1, 0.15) is 52.0 Å². The molecule has 4 nitrogen and oxygen atoms in total. The van der Waals surface area contributed by atoms with Crippen LogP contribution >= 0.6 is 0 Å². The fourth-order valence-electron chi connectivity index (χ4n) is 3.51. The summed E-state index contributed by atoms with van der Waals surface area (Å²) < 4.78 is 0. The molecule has 0 aliphatic carbocycles. The Morgan fingerprint density at radius 3 is 2.79 bits per heavy atom. The number of nitrogens with one attached hydrogen (secondary N) is 1. The van der Waals surface area contributed by atoms with Gasteiger partial charge in [0, 0.05) is 19.0 Å². The third kappa shape index (κ3) is 5.07. The second-order valence-corrected chi connectivity index (χ2v) is 7.27. The maximum absolute atomic E-state index is 12.3. The quantitative estimate of drug-likeness (QED) is 0.888. The van der Waals surface area contributed by atoms with Crippen molar-refractivity contribution in [2.45, 2.75) is 52.5 Å². The first-order chi connectivity index (χ1) is 11.5. The minimum Gasteiger partial charge on any atom is -0.325 e. The molecule has 1 N–H and O–H groups in total. The Kier molecular flexibility index (Phi) is 6.81. The lowest BCUT2D eigenvalue weighted by Crippen LogP contribution is -2.40. The minimum absolute atomic E-state index is 0.0162. The molecule has 130 valence electrons. The van der Waals surface area contributed by atoms with Gasteiger partial charge in [-0.2, -0.15) is 5.26 Å². The van der Waals surface area contributed by atoms with E-state index in [0.29, 0.717) is 29.6 Å². The van der Waals surface area contributed by atoms with Gasteiger partial charge in [-0.3, -0.25) is 9.69 Å². The van der Waals surface area contributed by atoms with Gasteiger partial charge in [-0.25, -0.2) is 0 Å². The molecule has 0 aromatic heterocycles. The van der Waals surface area contributed by atoms with Crippen molar-refractivity contribution in [2.75, 3.05) is 18.4 Å². The molecule has 2 unspecified atom stereocenters. The van der Waals surface area contributed by atoms with E-state index in [1.165, 1.54) is 19.3 Å². The number of nitriles is 1. The number of nitrogens with zero attached hydrogens (tertiary/aromatic N) is 2. The lowest BCUT2D eigenvalue weighted by atomic mass is 9.95. The highest BCUT2D eigenvalue weighted by Crippen LogP contribution is 2.26. The van der Waals surface area contributed by atoms with E-state index in [9.17, 15) is 4.79 Å². The molecule has 0 spiro atoms. The van der Waals surface area contributed by atoms with Crippen LogP contribution in [0.15, 0.2) is 24.3 Å². The van der Waals surface area contributed by atoms with Gasteiger partial charge in [0.15, 0.2) is 0 Å². The van der Waals surface area contributed by atoms with Crippen LogP contribution in [0.4, 0.5) is 5.69 Å². The molecule has 1 aromatic carbocycles. The lowest BCUT2D eigenvalue weighted by Gasteiger charge is -2.32. The number of carbonyl (C=O) groups excluding carboxylic acids is 1. The second kappa shape index (κ2) is 8.84. The summed E-state index contributed by atoms with van der Waals surface area (Å²) in [5.74, 6) is 1.36. The first-order valence-electron chi connectivity index (χ1n) is 9.04. The molecule has 1 amide bonds. The summed E-state index contributed by atoms with van der Waals surface area (Å²) in [5, 5.41) is 12.0. The minimum atomic E-state index is -0.0162. The van der Waals surface area contributed by atoms with Gasteiger partial charge >= 0.3 is 0 Å². The predicted molar refractivity (Wildman–Crippen MR) is 97.6 cm³/mol. The van der Waals surface area contributed by atoms with E-state index in [2.05, 4.69) is 37.1 Å². The van der Waals surface area contributed by atoms with Crippen molar-refractivity contribution >= 4 is 11.6 Å². The third-order valence-electron chi connectivity index (χ3n) is 5.05. The van der Waals surface area contributed by atoms with Gasteiger partial charge in [0.25, 0.3) is 0 Å². The summed E-state index contributed by atoms with van der Waals surface area (Å²) in [6.45, 7) is 8.74. The molecule has 1 aliphatic rings. The molecular formula is C20H29N3O. The number of anilines is 1. The van der Waals surface area contributed by atoms with Crippen LogP contribution in [-0.2, 0) is 4.79 Å². The van der Waals surface area contributed by atoms with Crippen LogP contribution in [0.25, 0.3) is 0 Å². The van der Waals surface area contributed by atoms with Crippen molar-refractivity contribution in [3.63, 3.8) is 0 Å². The topological polar surface area (TPSA) is 56.1 Å². The summed E-state index contributed by atoms with van der Waals surface area (Å²) in [5.41, 5.74) is 1.12. The van der Waals surface area contributed by atoms with Crippen LogP contribution in [-0.4, -0.2) is 29.9 Å². The molecule has 1 saturated heterocycles. The van der Waals surface area contributed by atoms with Crippen molar-refractivity contribution in [3.05, 3.63) is 29.8 Å². The number of hydrogen-bond acceptors (Lipinski definition) is 3. The Morgan fingerprint density at radius 1 is 1.33 bits per heavy atom. The molecule has 1 heterocycles. The molecule has 0 radical (unpaired) electrons. The van der Waals surface area contributed by atoms with E-state index in [0.717, 1.165) is 19.0 Å². The molecule has 1 aromatic rings. The van der Waals surface area contributed by atoms with Crippen molar-refractivity contribution in [1.82, 2.24) is 4.90 Å². The zero-order chi connectivity index (χ0) is 17.5. The van der Waals surface area contributed by atoms with Gasteiger partial charge < -0.3 is 5.32 Å². The Morgan fingerprint density at radius 2 is 2.08 bits per heavy atom. The first kappa shape index (κ1) is 18.5. The molecule has 24 heavy (non-hydrogen) atoms. The van der Waals surface area contributed by atoms with E-state index >= 15 is 0 Å². The van der Waals surface area contributed by atoms with Crippen LogP contribution < -0.4 is 5.32 Å². The van der Waals surface area contributed by atoms with E-state index in [1.807, 2.05) is 6.07 Å². The smallest absolute Gasteiger partial charge is 0.225 e. The maximum atomic E-state index is 12.3. The average Bonchev–Trinajstić information content (AvgIpc) is 2.75. The number of likely N-dealkylation sites (tertiary alicyclic amines) is 1. The number of carbonyl (C=O) groups is 1. The van der Waals surface area contributed by atoms with Crippen LogP contribution in [0.3, 0.4) is 0 Å². The van der Waals surface area contributed by atoms with E-state index in [4.69, 9.17) is 5.26 Å². The van der Waals surface area contributed by atoms with Gasteiger partial charge in [-0.05, 0) is 49.8 Å². The predicted octanol–water partition coefficient (Wildman–Crippen LogP) is 4.03. The molecule has 2 atom stereocenters. The lowest BCUT2D eigenvalue weighted by molar-refractivity contribution is -0.116. The van der Waals surface area contributed by atoms with Crippen molar-refractivity contribution in [3.8, 4) is 6.07 Å². The molecule has 1 fully saturated rings. The van der Waals surface area contributed by atoms with E-state index < -0.39 is 0 Å². The Bertz CT molecular complexity index is 591. The number of para-hydroxylation sites is 1. The molecule has 4 heteroatoms. The van der Waals surface area contributed by atoms with Crippen molar-refractivity contribution in [2.24, 2.45) is 11.8 Å². The second-order valence-electron chi connectivity index (χ2n) is 7.27. The fourth-order valence-corrected chi connectivity index (χ4v) is 3.51. The Balaban J connectivity index is 1.93.